The summed E-state index contributed by atoms with van der Waals surface area (Å²) in [5.41, 5.74) is 0.880. The highest BCUT2D eigenvalue weighted by Crippen LogP contribution is 2.29. The van der Waals surface area contributed by atoms with Crippen molar-refractivity contribution in [2.45, 2.75) is 32.7 Å². The molecule has 25 heavy (non-hydrogen) atoms. The summed E-state index contributed by atoms with van der Waals surface area (Å²) < 4.78 is 10.3. The van der Waals surface area contributed by atoms with Gasteiger partial charge in [-0.25, -0.2) is 9.69 Å². The number of hydrogen-bond acceptors (Lipinski definition) is 4. The molecule has 1 heterocycles. The maximum atomic E-state index is 12.9. The first-order valence-electron chi connectivity index (χ1n) is 8.50. The average molecular weight is 341 g/mol. The lowest BCUT2D eigenvalue weighted by Gasteiger charge is -2.25. The van der Waals surface area contributed by atoms with Gasteiger partial charge in [-0.2, -0.15) is 0 Å². The third-order valence-corrected chi connectivity index (χ3v) is 4.85. The number of ether oxygens (including phenoxy) is 2. The summed E-state index contributed by atoms with van der Waals surface area (Å²) in [6.07, 6.45) is -0.541. The number of hydrogen-bond donors (Lipinski definition) is 0. The van der Waals surface area contributed by atoms with Gasteiger partial charge in [0.1, 0.15) is 12.4 Å². The molecule has 0 spiro atoms. The fraction of sp³-hybridized carbons (Fsp3) is 0.400. The molecular weight excluding hydrogens is 318 g/mol. The molecule has 1 saturated heterocycles. The lowest BCUT2D eigenvalue weighted by Crippen LogP contribution is -2.43. The van der Waals surface area contributed by atoms with E-state index in [1.165, 1.54) is 4.90 Å². The van der Waals surface area contributed by atoms with Gasteiger partial charge in [0.15, 0.2) is 0 Å². The average Bonchev–Trinajstić information content (AvgIpc) is 3.01. The number of benzene rings is 2. The van der Waals surface area contributed by atoms with Gasteiger partial charge in [0.2, 0.25) is 5.91 Å². The van der Waals surface area contributed by atoms with Crippen molar-refractivity contribution in [1.82, 2.24) is 4.90 Å². The molecule has 0 saturated carbocycles. The van der Waals surface area contributed by atoms with E-state index in [2.05, 4.69) is 0 Å². The second kappa shape index (κ2) is 6.75. The Morgan fingerprint density at radius 1 is 1.16 bits per heavy atom. The van der Waals surface area contributed by atoms with Crippen LogP contribution in [0.25, 0.3) is 10.8 Å². The van der Waals surface area contributed by atoms with Crippen molar-refractivity contribution in [3.8, 4) is 5.75 Å². The zero-order valence-corrected chi connectivity index (χ0v) is 15.0. The Morgan fingerprint density at radius 3 is 2.52 bits per heavy atom. The Balaban J connectivity index is 1.89. The molecule has 5 heteroatoms. The van der Waals surface area contributed by atoms with Crippen molar-refractivity contribution >= 4 is 22.8 Å². The predicted octanol–water partition coefficient (Wildman–Crippen LogP) is 3.96. The lowest BCUT2D eigenvalue weighted by molar-refractivity contribution is -0.131. The molecule has 0 aliphatic carbocycles. The Kier molecular flexibility index (Phi) is 4.66. The van der Waals surface area contributed by atoms with E-state index >= 15 is 0 Å². The summed E-state index contributed by atoms with van der Waals surface area (Å²) in [6, 6.07) is 11.5. The summed E-state index contributed by atoms with van der Waals surface area (Å²) in [7, 11) is 1.64. The van der Waals surface area contributed by atoms with Gasteiger partial charge in [-0.15, -0.1) is 0 Å². The highest BCUT2D eigenvalue weighted by atomic mass is 16.6. The Bertz CT molecular complexity index is 814. The van der Waals surface area contributed by atoms with Gasteiger partial charge < -0.3 is 9.47 Å². The van der Waals surface area contributed by atoms with Crippen LogP contribution in [0.15, 0.2) is 36.4 Å². The Morgan fingerprint density at radius 2 is 1.84 bits per heavy atom. The van der Waals surface area contributed by atoms with Crippen LogP contribution in [0.2, 0.25) is 0 Å². The highest BCUT2D eigenvalue weighted by Gasteiger charge is 2.41. The molecule has 2 unspecified atom stereocenters. The van der Waals surface area contributed by atoms with Gasteiger partial charge in [0.05, 0.1) is 19.1 Å². The molecule has 2 atom stereocenters. The molecule has 1 fully saturated rings. The maximum Gasteiger partial charge on any atom is 0.417 e. The van der Waals surface area contributed by atoms with Gasteiger partial charge in [0, 0.05) is 0 Å². The number of carbonyl (C=O) groups is 2. The van der Waals surface area contributed by atoms with Gasteiger partial charge in [-0.3, -0.25) is 4.79 Å². The van der Waals surface area contributed by atoms with E-state index in [0.29, 0.717) is 0 Å². The van der Waals surface area contributed by atoms with E-state index in [4.69, 9.17) is 9.47 Å². The van der Waals surface area contributed by atoms with Crippen molar-refractivity contribution in [2.24, 2.45) is 5.92 Å². The first-order valence-corrected chi connectivity index (χ1v) is 8.50. The van der Waals surface area contributed by atoms with Crippen molar-refractivity contribution in [1.29, 1.82) is 0 Å². The Labute approximate surface area is 147 Å². The first kappa shape index (κ1) is 17.3. The second-order valence-corrected chi connectivity index (χ2v) is 6.79. The molecule has 0 bridgehead atoms. The molecule has 2 amide bonds. The summed E-state index contributed by atoms with van der Waals surface area (Å²) in [5.74, 6) is 0.322. The van der Waals surface area contributed by atoms with E-state index in [9.17, 15) is 9.59 Å². The molecule has 2 aromatic carbocycles. The van der Waals surface area contributed by atoms with Crippen LogP contribution in [0.5, 0.6) is 5.75 Å². The molecule has 3 rings (SSSR count). The number of fused-ring (bicyclic) bond motifs is 1. The van der Waals surface area contributed by atoms with Crippen LogP contribution in [-0.4, -0.2) is 36.7 Å². The summed E-state index contributed by atoms with van der Waals surface area (Å²) in [6.45, 7) is 6.07. The predicted molar refractivity (Wildman–Crippen MR) is 95.7 cm³/mol. The van der Waals surface area contributed by atoms with Gasteiger partial charge in [0.25, 0.3) is 0 Å². The lowest BCUT2D eigenvalue weighted by atomic mass is 9.95. The number of imide groups is 1. The van der Waals surface area contributed by atoms with Crippen molar-refractivity contribution in [3.63, 3.8) is 0 Å². The number of methoxy groups -OCH3 is 1. The van der Waals surface area contributed by atoms with Gasteiger partial charge in [-0.1, -0.05) is 38.1 Å². The second-order valence-electron chi connectivity index (χ2n) is 6.79. The third kappa shape index (κ3) is 3.18. The zero-order chi connectivity index (χ0) is 18.1. The number of rotatable bonds is 4. The molecule has 5 nitrogen and oxygen atoms in total. The quantitative estimate of drug-likeness (QED) is 0.845. The smallest absolute Gasteiger partial charge is 0.417 e. The number of carbonyl (C=O) groups excluding carboxylic acids is 2. The summed E-state index contributed by atoms with van der Waals surface area (Å²) in [5, 5.41) is 2.07. The number of amides is 2. The van der Waals surface area contributed by atoms with E-state index < -0.39 is 12.0 Å². The zero-order valence-electron chi connectivity index (χ0n) is 15.0. The van der Waals surface area contributed by atoms with E-state index in [1.54, 1.807) is 7.11 Å². The minimum atomic E-state index is -0.541. The van der Waals surface area contributed by atoms with Crippen LogP contribution in [0.4, 0.5) is 4.79 Å². The number of cyclic esters (lactones) is 1. The van der Waals surface area contributed by atoms with Crippen LogP contribution in [0, 0.1) is 5.92 Å². The molecule has 0 radical (unpaired) electrons. The maximum absolute atomic E-state index is 12.9. The van der Waals surface area contributed by atoms with Gasteiger partial charge in [-0.05, 0) is 41.3 Å². The number of nitrogens with zero attached hydrogens (tertiary/aromatic N) is 1. The highest BCUT2D eigenvalue weighted by molar-refractivity contribution is 5.97. The SMILES string of the molecule is COc1ccc2cc(C(C)C(=O)N3C(=O)OCC3C(C)C)ccc2c1. The topological polar surface area (TPSA) is 55.8 Å². The molecule has 132 valence electrons. The molecular formula is C20H23NO4. The fourth-order valence-corrected chi connectivity index (χ4v) is 3.17. The van der Waals surface area contributed by atoms with Crippen molar-refractivity contribution < 1.29 is 19.1 Å². The monoisotopic (exact) mass is 341 g/mol. The fourth-order valence-electron chi connectivity index (χ4n) is 3.17. The largest absolute Gasteiger partial charge is 0.497 e. The van der Waals surface area contributed by atoms with E-state index in [1.807, 2.05) is 57.2 Å². The Hall–Kier alpha value is -2.56. The van der Waals surface area contributed by atoms with E-state index in [-0.39, 0.29) is 24.5 Å². The van der Waals surface area contributed by atoms with Crippen molar-refractivity contribution in [2.75, 3.05) is 13.7 Å². The van der Waals surface area contributed by atoms with Crippen LogP contribution >= 0.6 is 0 Å². The summed E-state index contributed by atoms with van der Waals surface area (Å²) in [4.78, 5) is 26.2. The minimum Gasteiger partial charge on any atom is -0.497 e. The van der Waals surface area contributed by atoms with Crippen LogP contribution < -0.4 is 4.74 Å². The molecule has 0 aromatic heterocycles. The van der Waals surface area contributed by atoms with Crippen LogP contribution in [0.3, 0.4) is 0 Å². The molecule has 2 aromatic rings. The first-order chi connectivity index (χ1) is 11.9. The molecule has 0 N–H and O–H groups in total. The molecule has 1 aliphatic heterocycles. The minimum absolute atomic E-state index is 0.159. The van der Waals surface area contributed by atoms with Crippen molar-refractivity contribution in [3.05, 3.63) is 42.0 Å². The third-order valence-electron chi connectivity index (χ3n) is 4.85. The van der Waals surface area contributed by atoms with Gasteiger partial charge >= 0.3 is 6.09 Å². The molecule has 1 aliphatic rings. The summed E-state index contributed by atoms with van der Waals surface area (Å²) >= 11 is 0. The normalized spacial score (nSPS) is 18.5. The van der Waals surface area contributed by atoms with E-state index in [0.717, 1.165) is 22.1 Å². The van der Waals surface area contributed by atoms with Crippen LogP contribution in [-0.2, 0) is 9.53 Å². The standard InChI is InChI=1S/C20H23NO4/c1-12(2)18-11-25-20(23)21(18)19(22)13(3)14-5-6-16-10-17(24-4)8-7-15(16)9-14/h5-10,12-13,18H,11H2,1-4H3. The van der Waals surface area contributed by atoms with Crippen LogP contribution in [0.1, 0.15) is 32.3 Å².